The molecule has 2 rings (SSSR count). The standard InChI is InChI=1S/C13H18BrN/c1-5-15-9(2)13(3,4)11-8-10(14)6-7-12(11)15/h6-9H,5H2,1-4H3. The Hall–Kier alpha value is -0.500. The Labute approximate surface area is 101 Å². The van der Waals surface area contributed by atoms with Gasteiger partial charge in [-0.25, -0.2) is 0 Å². The summed E-state index contributed by atoms with van der Waals surface area (Å²) in [7, 11) is 0. The van der Waals surface area contributed by atoms with Gasteiger partial charge in [0.1, 0.15) is 0 Å². The molecule has 0 N–H and O–H groups in total. The molecule has 0 fully saturated rings. The van der Waals surface area contributed by atoms with Crippen molar-refractivity contribution in [3.05, 3.63) is 28.2 Å². The van der Waals surface area contributed by atoms with Crippen LogP contribution in [0, 0.1) is 0 Å². The van der Waals surface area contributed by atoms with E-state index in [-0.39, 0.29) is 5.41 Å². The van der Waals surface area contributed by atoms with Crippen molar-refractivity contribution in [1.29, 1.82) is 0 Å². The van der Waals surface area contributed by atoms with Crippen LogP contribution in [0.1, 0.15) is 33.3 Å². The molecular formula is C13H18BrN. The van der Waals surface area contributed by atoms with E-state index in [4.69, 9.17) is 0 Å². The fraction of sp³-hybridized carbons (Fsp3) is 0.538. The first-order valence-corrected chi connectivity index (χ1v) is 6.34. The molecule has 0 saturated carbocycles. The molecular weight excluding hydrogens is 250 g/mol. The van der Waals surface area contributed by atoms with Crippen LogP contribution < -0.4 is 4.90 Å². The van der Waals surface area contributed by atoms with Crippen LogP contribution in [0.2, 0.25) is 0 Å². The second kappa shape index (κ2) is 3.51. The molecule has 0 bridgehead atoms. The molecule has 0 saturated heterocycles. The van der Waals surface area contributed by atoms with E-state index in [1.165, 1.54) is 15.7 Å². The number of halogens is 1. The van der Waals surface area contributed by atoms with Gasteiger partial charge in [-0.05, 0) is 37.6 Å². The van der Waals surface area contributed by atoms with Crippen LogP contribution in [0.15, 0.2) is 22.7 Å². The molecule has 0 amide bonds. The predicted octanol–water partition coefficient (Wildman–Crippen LogP) is 3.96. The number of likely N-dealkylation sites (N-methyl/N-ethyl adjacent to an activating group) is 1. The minimum absolute atomic E-state index is 0.245. The molecule has 1 aliphatic heterocycles. The van der Waals surface area contributed by atoms with Gasteiger partial charge in [0.2, 0.25) is 0 Å². The van der Waals surface area contributed by atoms with Gasteiger partial charge < -0.3 is 4.90 Å². The molecule has 1 heterocycles. The Morgan fingerprint density at radius 3 is 2.67 bits per heavy atom. The van der Waals surface area contributed by atoms with Crippen molar-refractivity contribution >= 4 is 21.6 Å². The van der Waals surface area contributed by atoms with E-state index in [1.54, 1.807) is 0 Å². The molecule has 1 aromatic carbocycles. The minimum Gasteiger partial charge on any atom is -0.368 e. The zero-order valence-corrected chi connectivity index (χ0v) is 11.4. The maximum absolute atomic E-state index is 3.56. The fourth-order valence-corrected chi connectivity index (χ4v) is 2.90. The first-order valence-electron chi connectivity index (χ1n) is 5.55. The molecule has 1 aliphatic rings. The topological polar surface area (TPSA) is 3.24 Å². The third kappa shape index (κ3) is 1.50. The summed E-state index contributed by atoms with van der Waals surface area (Å²) in [5.41, 5.74) is 3.11. The Kier molecular flexibility index (Phi) is 2.58. The first-order chi connectivity index (χ1) is 6.98. The van der Waals surface area contributed by atoms with Crippen molar-refractivity contribution in [3.8, 4) is 0 Å². The van der Waals surface area contributed by atoms with Crippen LogP contribution in [0.4, 0.5) is 5.69 Å². The summed E-state index contributed by atoms with van der Waals surface area (Å²) >= 11 is 3.56. The predicted molar refractivity (Wildman–Crippen MR) is 69.7 cm³/mol. The highest BCUT2D eigenvalue weighted by Crippen LogP contribution is 2.45. The Bertz CT molecular complexity index is 384. The van der Waals surface area contributed by atoms with Crippen LogP contribution in [0.5, 0.6) is 0 Å². The molecule has 1 aromatic rings. The van der Waals surface area contributed by atoms with Gasteiger partial charge in [0.05, 0.1) is 0 Å². The van der Waals surface area contributed by atoms with Crippen LogP contribution in [-0.4, -0.2) is 12.6 Å². The molecule has 0 aromatic heterocycles. The van der Waals surface area contributed by atoms with Gasteiger partial charge in [-0.15, -0.1) is 0 Å². The van der Waals surface area contributed by atoms with Crippen molar-refractivity contribution in [2.45, 2.75) is 39.2 Å². The van der Waals surface area contributed by atoms with Crippen LogP contribution >= 0.6 is 15.9 Å². The van der Waals surface area contributed by atoms with E-state index in [0.29, 0.717) is 6.04 Å². The monoisotopic (exact) mass is 267 g/mol. The Morgan fingerprint density at radius 1 is 1.40 bits per heavy atom. The number of fused-ring (bicyclic) bond motifs is 1. The van der Waals surface area contributed by atoms with Crippen LogP contribution in [0.25, 0.3) is 0 Å². The molecule has 1 atom stereocenters. The van der Waals surface area contributed by atoms with Gasteiger partial charge in [-0.2, -0.15) is 0 Å². The molecule has 1 nitrogen and oxygen atoms in total. The highest BCUT2D eigenvalue weighted by atomic mass is 79.9. The van der Waals surface area contributed by atoms with E-state index in [9.17, 15) is 0 Å². The third-order valence-corrected chi connectivity index (χ3v) is 4.31. The maximum atomic E-state index is 3.56. The van der Waals surface area contributed by atoms with Gasteiger partial charge in [0, 0.05) is 28.2 Å². The number of hydrogen-bond donors (Lipinski definition) is 0. The largest absolute Gasteiger partial charge is 0.368 e. The summed E-state index contributed by atoms with van der Waals surface area (Å²) in [6, 6.07) is 7.21. The number of nitrogens with zero attached hydrogens (tertiary/aromatic N) is 1. The van der Waals surface area contributed by atoms with Crippen molar-refractivity contribution in [1.82, 2.24) is 0 Å². The van der Waals surface area contributed by atoms with E-state index in [1.807, 2.05) is 0 Å². The normalized spacial score (nSPS) is 23.0. The van der Waals surface area contributed by atoms with E-state index < -0.39 is 0 Å². The number of benzene rings is 1. The second-order valence-electron chi connectivity index (χ2n) is 4.85. The molecule has 15 heavy (non-hydrogen) atoms. The average Bonchev–Trinajstić information content (AvgIpc) is 2.37. The van der Waals surface area contributed by atoms with Gasteiger partial charge >= 0.3 is 0 Å². The maximum Gasteiger partial charge on any atom is 0.0408 e. The highest BCUT2D eigenvalue weighted by Gasteiger charge is 2.40. The molecule has 2 heteroatoms. The lowest BCUT2D eigenvalue weighted by Gasteiger charge is -2.30. The summed E-state index contributed by atoms with van der Waals surface area (Å²) in [5.74, 6) is 0. The Balaban J connectivity index is 2.59. The number of anilines is 1. The molecule has 82 valence electrons. The summed E-state index contributed by atoms with van der Waals surface area (Å²) in [5, 5.41) is 0. The van der Waals surface area contributed by atoms with Crippen LogP contribution in [0.3, 0.4) is 0 Å². The number of hydrogen-bond acceptors (Lipinski definition) is 1. The van der Waals surface area contributed by atoms with Crippen molar-refractivity contribution in [2.24, 2.45) is 0 Å². The lowest BCUT2D eigenvalue weighted by molar-refractivity contribution is 0.445. The zero-order valence-electron chi connectivity index (χ0n) is 9.84. The fourth-order valence-electron chi connectivity index (χ4n) is 2.54. The lowest BCUT2D eigenvalue weighted by atomic mass is 9.81. The smallest absolute Gasteiger partial charge is 0.0408 e. The average molecular weight is 268 g/mol. The molecule has 0 radical (unpaired) electrons. The van der Waals surface area contributed by atoms with Crippen molar-refractivity contribution in [3.63, 3.8) is 0 Å². The summed E-state index contributed by atoms with van der Waals surface area (Å²) < 4.78 is 1.18. The van der Waals surface area contributed by atoms with Crippen molar-refractivity contribution < 1.29 is 0 Å². The van der Waals surface area contributed by atoms with Crippen molar-refractivity contribution in [2.75, 3.05) is 11.4 Å². The third-order valence-electron chi connectivity index (χ3n) is 3.81. The Morgan fingerprint density at radius 2 is 2.07 bits per heavy atom. The van der Waals surface area contributed by atoms with E-state index >= 15 is 0 Å². The van der Waals surface area contributed by atoms with Crippen LogP contribution in [-0.2, 0) is 5.41 Å². The van der Waals surface area contributed by atoms with Gasteiger partial charge in [-0.3, -0.25) is 0 Å². The lowest BCUT2D eigenvalue weighted by Crippen LogP contribution is -2.38. The molecule has 0 spiro atoms. The second-order valence-corrected chi connectivity index (χ2v) is 5.76. The summed E-state index contributed by atoms with van der Waals surface area (Å²) in [6.45, 7) is 10.3. The zero-order chi connectivity index (χ0) is 11.2. The van der Waals surface area contributed by atoms with Gasteiger partial charge in [0.25, 0.3) is 0 Å². The summed E-state index contributed by atoms with van der Waals surface area (Å²) in [6.07, 6.45) is 0. The minimum atomic E-state index is 0.245. The highest BCUT2D eigenvalue weighted by molar-refractivity contribution is 9.10. The first kappa shape index (κ1) is 11.0. The quantitative estimate of drug-likeness (QED) is 0.745. The number of rotatable bonds is 1. The molecule has 0 aliphatic carbocycles. The molecule has 1 unspecified atom stereocenters. The SMILES string of the molecule is CCN1c2ccc(Br)cc2C(C)(C)C1C. The van der Waals surface area contributed by atoms with E-state index in [2.05, 4.69) is 66.7 Å². The van der Waals surface area contributed by atoms with Gasteiger partial charge in [-0.1, -0.05) is 29.8 Å². The van der Waals surface area contributed by atoms with E-state index in [0.717, 1.165) is 6.54 Å². The summed E-state index contributed by atoms with van der Waals surface area (Å²) in [4.78, 5) is 2.49. The van der Waals surface area contributed by atoms with Gasteiger partial charge in [0.15, 0.2) is 0 Å².